The van der Waals surface area contributed by atoms with Crippen molar-refractivity contribution in [2.45, 2.75) is 58.6 Å². The Bertz CT molecular complexity index is 587. The van der Waals surface area contributed by atoms with E-state index in [1.165, 1.54) is 18.7 Å². The van der Waals surface area contributed by atoms with Crippen LogP contribution in [0, 0.1) is 0 Å². The van der Waals surface area contributed by atoms with Gasteiger partial charge in [0, 0.05) is 19.4 Å². The van der Waals surface area contributed by atoms with Crippen LogP contribution in [0.4, 0.5) is 0 Å². The summed E-state index contributed by atoms with van der Waals surface area (Å²) in [4.78, 5) is 33.1. The molecule has 2 heterocycles. The Labute approximate surface area is 124 Å². The predicted molar refractivity (Wildman–Crippen MR) is 78.9 cm³/mol. The van der Waals surface area contributed by atoms with Gasteiger partial charge in [0.1, 0.15) is 11.4 Å². The van der Waals surface area contributed by atoms with E-state index in [2.05, 4.69) is 16.9 Å². The minimum absolute atomic E-state index is 0.167. The minimum Gasteiger partial charge on any atom is -0.381 e. The first-order chi connectivity index (χ1) is 9.82. The topological polar surface area (TPSA) is 86.3 Å². The van der Waals surface area contributed by atoms with Gasteiger partial charge in [-0.25, -0.2) is 4.98 Å². The lowest BCUT2D eigenvalue weighted by Crippen LogP contribution is -2.48. The summed E-state index contributed by atoms with van der Waals surface area (Å²) in [6.07, 6.45) is 3.37. The molecule has 1 aromatic heterocycles. The Morgan fingerprint density at radius 3 is 2.81 bits per heavy atom. The minimum atomic E-state index is -1.42. The molecule has 0 aliphatic carbocycles. The van der Waals surface area contributed by atoms with E-state index in [0.717, 1.165) is 30.8 Å². The highest BCUT2D eigenvalue weighted by atomic mass is 16.3. The third-order valence-corrected chi connectivity index (χ3v) is 3.70. The van der Waals surface area contributed by atoms with Gasteiger partial charge >= 0.3 is 0 Å². The van der Waals surface area contributed by atoms with Crippen LogP contribution in [0.2, 0.25) is 0 Å². The standard InChI is InChI=1S/C15H23N3O3/c1-4-5-6-12-16-11-7-8-18(14(20)15(2,3)21)9-10(11)13(19)17-12/h21H,4-9H2,1-3H3,(H,16,17,19). The second-order valence-electron chi connectivity index (χ2n) is 6.08. The zero-order valence-electron chi connectivity index (χ0n) is 12.9. The number of carbonyl (C=O) groups excluding carboxylic acids is 1. The van der Waals surface area contributed by atoms with E-state index in [9.17, 15) is 14.7 Å². The van der Waals surface area contributed by atoms with Gasteiger partial charge in [0.25, 0.3) is 11.5 Å². The first-order valence-corrected chi connectivity index (χ1v) is 7.45. The largest absolute Gasteiger partial charge is 0.381 e. The number of unbranched alkanes of at least 4 members (excludes halogenated alkanes) is 1. The summed E-state index contributed by atoms with van der Waals surface area (Å²) in [6, 6.07) is 0. The van der Waals surface area contributed by atoms with Crippen LogP contribution in [0.1, 0.15) is 50.7 Å². The van der Waals surface area contributed by atoms with E-state index in [0.29, 0.717) is 18.5 Å². The first kappa shape index (κ1) is 15.7. The Kier molecular flexibility index (Phi) is 4.46. The molecule has 0 aromatic carbocycles. The summed E-state index contributed by atoms with van der Waals surface area (Å²) in [5.41, 5.74) is -0.262. The molecular formula is C15H23N3O3. The maximum Gasteiger partial charge on any atom is 0.256 e. The molecule has 0 unspecified atom stereocenters. The Balaban J connectivity index is 2.22. The van der Waals surface area contributed by atoms with E-state index in [4.69, 9.17) is 0 Å². The number of nitrogens with zero attached hydrogens (tertiary/aromatic N) is 2. The van der Waals surface area contributed by atoms with Gasteiger partial charge in [0.2, 0.25) is 0 Å². The second kappa shape index (κ2) is 5.97. The van der Waals surface area contributed by atoms with Crippen molar-refractivity contribution in [2.24, 2.45) is 0 Å². The molecule has 0 fully saturated rings. The molecule has 6 nitrogen and oxygen atoms in total. The zero-order chi connectivity index (χ0) is 15.6. The fourth-order valence-electron chi connectivity index (χ4n) is 2.50. The van der Waals surface area contributed by atoms with Crippen molar-refractivity contribution in [3.05, 3.63) is 27.4 Å². The van der Waals surface area contributed by atoms with E-state index in [-0.39, 0.29) is 18.0 Å². The molecule has 21 heavy (non-hydrogen) atoms. The summed E-state index contributed by atoms with van der Waals surface area (Å²) in [6.45, 7) is 5.72. The molecular weight excluding hydrogens is 270 g/mol. The van der Waals surface area contributed by atoms with Gasteiger partial charge in [-0.3, -0.25) is 9.59 Å². The highest BCUT2D eigenvalue weighted by Gasteiger charge is 2.32. The third-order valence-electron chi connectivity index (χ3n) is 3.70. The summed E-state index contributed by atoms with van der Waals surface area (Å²) in [7, 11) is 0. The molecule has 2 N–H and O–H groups in total. The summed E-state index contributed by atoms with van der Waals surface area (Å²) >= 11 is 0. The van der Waals surface area contributed by atoms with E-state index < -0.39 is 5.60 Å². The number of aromatic nitrogens is 2. The van der Waals surface area contributed by atoms with Gasteiger partial charge < -0.3 is 15.0 Å². The van der Waals surface area contributed by atoms with Crippen LogP contribution in [0.5, 0.6) is 0 Å². The second-order valence-corrected chi connectivity index (χ2v) is 6.08. The number of hydrogen-bond acceptors (Lipinski definition) is 4. The highest BCUT2D eigenvalue weighted by Crippen LogP contribution is 2.17. The lowest BCUT2D eigenvalue weighted by molar-refractivity contribution is -0.148. The molecule has 0 spiro atoms. The fourth-order valence-corrected chi connectivity index (χ4v) is 2.50. The van der Waals surface area contributed by atoms with Gasteiger partial charge in [0.05, 0.1) is 17.8 Å². The molecule has 6 heteroatoms. The molecule has 1 aliphatic heterocycles. The molecule has 2 rings (SSSR count). The smallest absolute Gasteiger partial charge is 0.256 e. The maximum atomic E-state index is 12.2. The van der Waals surface area contributed by atoms with Crippen molar-refractivity contribution in [3.8, 4) is 0 Å². The SMILES string of the molecule is CCCCc1nc2c(c(=O)[nH]1)CN(C(=O)C(C)(C)O)CC2. The quantitative estimate of drug-likeness (QED) is 0.858. The molecule has 1 aromatic rings. The number of carbonyl (C=O) groups is 1. The van der Waals surface area contributed by atoms with Crippen molar-refractivity contribution in [2.75, 3.05) is 6.54 Å². The Hall–Kier alpha value is -1.69. The van der Waals surface area contributed by atoms with Crippen LogP contribution in [-0.2, 0) is 24.2 Å². The van der Waals surface area contributed by atoms with Crippen LogP contribution in [-0.4, -0.2) is 38.0 Å². The molecule has 1 amide bonds. The first-order valence-electron chi connectivity index (χ1n) is 7.45. The average molecular weight is 293 g/mol. The monoisotopic (exact) mass is 293 g/mol. The fraction of sp³-hybridized carbons (Fsp3) is 0.667. The number of nitrogens with one attached hydrogen (secondary N) is 1. The van der Waals surface area contributed by atoms with Gasteiger partial charge in [-0.2, -0.15) is 0 Å². The van der Waals surface area contributed by atoms with Crippen molar-refractivity contribution < 1.29 is 9.90 Å². The van der Waals surface area contributed by atoms with Crippen LogP contribution in [0.3, 0.4) is 0 Å². The average Bonchev–Trinajstić information content (AvgIpc) is 2.43. The van der Waals surface area contributed by atoms with E-state index >= 15 is 0 Å². The Morgan fingerprint density at radius 1 is 1.48 bits per heavy atom. The highest BCUT2D eigenvalue weighted by molar-refractivity contribution is 5.84. The van der Waals surface area contributed by atoms with Crippen LogP contribution >= 0.6 is 0 Å². The number of aryl methyl sites for hydroxylation is 1. The van der Waals surface area contributed by atoms with Gasteiger partial charge in [-0.15, -0.1) is 0 Å². The number of aliphatic hydroxyl groups is 1. The molecule has 1 aliphatic rings. The number of hydrogen-bond donors (Lipinski definition) is 2. The molecule has 0 bridgehead atoms. The number of rotatable bonds is 4. The molecule has 0 saturated heterocycles. The number of fused-ring (bicyclic) bond motifs is 1. The van der Waals surface area contributed by atoms with Crippen molar-refractivity contribution in [1.82, 2.24) is 14.9 Å². The van der Waals surface area contributed by atoms with Crippen LogP contribution in [0.25, 0.3) is 0 Å². The third kappa shape index (κ3) is 3.50. The predicted octanol–water partition coefficient (Wildman–Crippen LogP) is 0.768. The number of H-pyrrole nitrogens is 1. The van der Waals surface area contributed by atoms with Crippen molar-refractivity contribution in [1.29, 1.82) is 0 Å². The summed E-state index contributed by atoms with van der Waals surface area (Å²) < 4.78 is 0. The van der Waals surface area contributed by atoms with Crippen LogP contribution < -0.4 is 5.56 Å². The summed E-state index contributed by atoms with van der Waals surface area (Å²) in [5, 5.41) is 9.80. The van der Waals surface area contributed by atoms with Gasteiger partial charge in [0.15, 0.2) is 0 Å². The lowest BCUT2D eigenvalue weighted by Gasteiger charge is -2.32. The molecule has 116 valence electrons. The molecule has 0 radical (unpaired) electrons. The zero-order valence-corrected chi connectivity index (χ0v) is 12.9. The van der Waals surface area contributed by atoms with E-state index in [1.807, 2.05) is 0 Å². The summed E-state index contributed by atoms with van der Waals surface area (Å²) in [5.74, 6) is 0.366. The maximum absolute atomic E-state index is 12.2. The van der Waals surface area contributed by atoms with Crippen molar-refractivity contribution >= 4 is 5.91 Å². The van der Waals surface area contributed by atoms with Crippen molar-refractivity contribution in [3.63, 3.8) is 0 Å². The number of aromatic amines is 1. The molecule has 0 atom stereocenters. The normalized spacial score (nSPS) is 15.0. The Morgan fingerprint density at radius 2 is 2.19 bits per heavy atom. The molecule has 0 saturated carbocycles. The lowest BCUT2D eigenvalue weighted by atomic mass is 10.0. The number of amides is 1. The van der Waals surface area contributed by atoms with Crippen LogP contribution in [0.15, 0.2) is 4.79 Å². The van der Waals surface area contributed by atoms with Gasteiger partial charge in [-0.1, -0.05) is 13.3 Å². The van der Waals surface area contributed by atoms with Gasteiger partial charge in [-0.05, 0) is 20.3 Å². The van der Waals surface area contributed by atoms with E-state index in [1.54, 1.807) is 0 Å².